The zero-order valence-corrected chi connectivity index (χ0v) is 15.6. The third-order valence-corrected chi connectivity index (χ3v) is 5.02. The van der Waals surface area contributed by atoms with Crippen molar-refractivity contribution in [2.45, 2.75) is 45.1 Å². The smallest absolute Gasteiger partial charge is 0.130 e. The molecule has 0 amide bonds. The number of ketones is 1. The molecule has 0 unspecified atom stereocenters. The Morgan fingerprint density at radius 2 is 2.08 bits per heavy atom. The van der Waals surface area contributed by atoms with E-state index in [0.717, 1.165) is 25.3 Å². The molecule has 3 rings (SSSR count). The number of rotatable bonds is 8. The van der Waals surface area contributed by atoms with Crippen LogP contribution in [0.25, 0.3) is 0 Å². The lowest BCUT2D eigenvalue weighted by atomic mass is 9.96. The van der Waals surface area contributed by atoms with Gasteiger partial charge in [0.15, 0.2) is 0 Å². The van der Waals surface area contributed by atoms with Gasteiger partial charge in [-0.1, -0.05) is 24.6 Å². The van der Waals surface area contributed by atoms with Crippen LogP contribution in [-0.4, -0.2) is 35.4 Å². The van der Waals surface area contributed by atoms with Crippen molar-refractivity contribution in [1.29, 1.82) is 0 Å². The Hall–Kier alpha value is -2.20. The largest absolute Gasteiger partial charge is 0.492 e. The third kappa shape index (κ3) is 5.40. The van der Waals surface area contributed by atoms with Crippen LogP contribution in [0.2, 0.25) is 0 Å². The average molecular weight is 352 g/mol. The van der Waals surface area contributed by atoms with Crippen LogP contribution in [0.15, 0.2) is 48.8 Å². The molecule has 1 aliphatic rings. The summed E-state index contributed by atoms with van der Waals surface area (Å²) in [6, 6.07) is 12.8. The Balaban J connectivity index is 1.49. The topological polar surface area (TPSA) is 42.4 Å². The molecule has 1 atom stereocenters. The average Bonchev–Trinajstić information content (AvgIpc) is 2.68. The van der Waals surface area contributed by atoms with Gasteiger partial charge in [0.25, 0.3) is 0 Å². The van der Waals surface area contributed by atoms with E-state index in [1.54, 1.807) is 6.92 Å². The molecule has 0 N–H and O–H groups in total. The molecule has 0 spiro atoms. The first-order valence-electron chi connectivity index (χ1n) is 9.57. The summed E-state index contributed by atoms with van der Waals surface area (Å²) >= 11 is 0. The van der Waals surface area contributed by atoms with E-state index in [9.17, 15) is 4.79 Å². The highest BCUT2D eigenvalue weighted by Crippen LogP contribution is 2.30. The van der Waals surface area contributed by atoms with E-state index < -0.39 is 0 Å². The number of ether oxygens (including phenoxy) is 1. The van der Waals surface area contributed by atoms with Gasteiger partial charge in [0.1, 0.15) is 18.1 Å². The fourth-order valence-corrected chi connectivity index (χ4v) is 3.56. The van der Waals surface area contributed by atoms with E-state index in [1.165, 1.54) is 30.4 Å². The fraction of sp³-hybridized carbons (Fsp3) is 0.455. The number of hydrogen-bond donors (Lipinski definition) is 0. The Kier molecular flexibility index (Phi) is 6.78. The molecular formula is C22H28N2O2. The van der Waals surface area contributed by atoms with Gasteiger partial charge >= 0.3 is 0 Å². The molecule has 1 aromatic carbocycles. The number of pyridine rings is 1. The van der Waals surface area contributed by atoms with Gasteiger partial charge in [-0.2, -0.15) is 0 Å². The summed E-state index contributed by atoms with van der Waals surface area (Å²) in [5.74, 6) is 1.13. The van der Waals surface area contributed by atoms with Crippen LogP contribution in [0.3, 0.4) is 0 Å². The number of benzene rings is 1. The predicted octanol–water partition coefficient (Wildman–Crippen LogP) is 4.21. The number of carbonyl (C=O) groups is 1. The molecule has 2 aromatic rings. The van der Waals surface area contributed by atoms with Crippen molar-refractivity contribution in [2.24, 2.45) is 0 Å². The second-order valence-corrected chi connectivity index (χ2v) is 7.03. The second-order valence-electron chi connectivity index (χ2n) is 7.03. The lowest BCUT2D eigenvalue weighted by molar-refractivity contribution is -0.116. The Labute approximate surface area is 156 Å². The number of aryl methyl sites for hydroxylation is 1. The van der Waals surface area contributed by atoms with Crippen molar-refractivity contribution in [1.82, 2.24) is 9.88 Å². The minimum absolute atomic E-state index is 0.232. The molecule has 0 saturated carbocycles. The van der Waals surface area contributed by atoms with E-state index in [0.29, 0.717) is 19.1 Å². The number of piperidine rings is 1. The predicted molar refractivity (Wildman–Crippen MR) is 103 cm³/mol. The first-order chi connectivity index (χ1) is 12.7. The minimum atomic E-state index is 0.232. The summed E-state index contributed by atoms with van der Waals surface area (Å²) in [5.41, 5.74) is 2.49. The summed E-state index contributed by atoms with van der Waals surface area (Å²) in [7, 11) is 0. The molecule has 1 fully saturated rings. The second kappa shape index (κ2) is 9.48. The van der Waals surface area contributed by atoms with Crippen molar-refractivity contribution in [2.75, 3.05) is 19.7 Å². The highest BCUT2D eigenvalue weighted by atomic mass is 16.5. The van der Waals surface area contributed by atoms with E-state index in [-0.39, 0.29) is 5.78 Å². The zero-order chi connectivity index (χ0) is 18.2. The van der Waals surface area contributed by atoms with Gasteiger partial charge in [-0.25, -0.2) is 0 Å². The van der Waals surface area contributed by atoms with E-state index in [4.69, 9.17) is 4.74 Å². The maximum Gasteiger partial charge on any atom is 0.130 e. The first-order valence-corrected chi connectivity index (χ1v) is 9.57. The van der Waals surface area contributed by atoms with Gasteiger partial charge < -0.3 is 9.53 Å². The molecule has 1 aliphatic heterocycles. The molecule has 2 heterocycles. The first kappa shape index (κ1) is 18.6. The fourth-order valence-electron chi connectivity index (χ4n) is 3.56. The molecule has 4 nitrogen and oxygen atoms in total. The van der Waals surface area contributed by atoms with Crippen LogP contribution < -0.4 is 4.74 Å². The molecule has 4 heteroatoms. The summed E-state index contributed by atoms with van der Waals surface area (Å²) in [6.07, 6.45) is 8.95. The highest BCUT2D eigenvalue weighted by Gasteiger charge is 2.23. The van der Waals surface area contributed by atoms with E-state index in [2.05, 4.69) is 28.1 Å². The molecule has 0 bridgehead atoms. The summed E-state index contributed by atoms with van der Waals surface area (Å²) < 4.78 is 5.95. The van der Waals surface area contributed by atoms with E-state index >= 15 is 0 Å². The quantitative estimate of drug-likeness (QED) is 0.714. The number of carbonyl (C=O) groups excluding carboxylic acids is 1. The van der Waals surface area contributed by atoms with Crippen LogP contribution in [0.5, 0.6) is 5.75 Å². The molecule has 26 heavy (non-hydrogen) atoms. The van der Waals surface area contributed by atoms with Gasteiger partial charge in [0.2, 0.25) is 0 Å². The minimum Gasteiger partial charge on any atom is -0.492 e. The summed E-state index contributed by atoms with van der Waals surface area (Å²) in [5, 5.41) is 0. The molecule has 138 valence electrons. The molecule has 0 aliphatic carbocycles. The Morgan fingerprint density at radius 3 is 2.81 bits per heavy atom. The number of likely N-dealkylation sites (tertiary alicyclic amines) is 1. The maximum absolute atomic E-state index is 11.1. The number of hydrogen-bond acceptors (Lipinski definition) is 4. The Bertz CT molecular complexity index is 685. The molecule has 1 aromatic heterocycles. The van der Waals surface area contributed by atoms with Crippen molar-refractivity contribution < 1.29 is 9.53 Å². The molecular weight excluding hydrogens is 324 g/mol. The van der Waals surface area contributed by atoms with Crippen molar-refractivity contribution in [3.8, 4) is 5.75 Å². The summed E-state index contributed by atoms with van der Waals surface area (Å²) in [4.78, 5) is 17.9. The van der Waals surface area contributed by atoms with Crippen molar-refractivity contribution >= 4 is 5.78 Å². The van der Waals surface area contributed by atoms with Crippen LogP contribution in [0.4, 0.5) is 0 Å². The lowest BCUT2D eigenvalue weighted by Crippen LogP contribution is -2.36. The lowest BCUT2D eigenvalue weighted by Gasteiger charge is -2.35. The van der Waals surface area contributed by atoms with Crippen molar-refractivity contribution in [3.05, 3.63) is 59.9 Å². The summed E-state index contributed by atoms with van der Waals surface area (Å²) in [6.45, 7) is 4.36. The number of aromatic nitrogens is 1. The number of nitrogens with zero attached hydrogens (tertiary/aromatic N) is 2. The van der Waals surface area contributed by atoms with Gasteiger partial charge in [0, 0.05) is 31.4 Å². The Morgan fingerprint density at radius 1 is 1.23 bits per heavy atom. The van der Waals surface area contributed by atoms with E-state index in [1.807, 2.05) is 30.6 Å². The normalized spacial score (nSPS) is 17.8. The highest BCUT2D eigenvalue weighted by molar-refractivity contribution is 5.75. The van der Waals surface area contributed by atoms with Gasteiger partial charge in [-0.05, 0) is 62.1 Å². The van der Waals surface area contributed by atoms with Gasteiger partial charge in [0.05, 0.1) is 0 Å². The van der Waals surface area contributed by atoms with Gasteiger partial charge in [-0.15, -0.1) is 0 Å². The number of Topliss-reactive ketones (excluding diaryl/α,β-unsaturated/α-hetero) is 1. The van der Waals surface area contributed by atoms with Crippen LogP contribution in [0.1, 0.15) is 49.8 Å². The van der Waals surface area contributed by atoms with Crippen LogP contribution >= 0.6 is 0 Å². The van der Waals surface area contributed by atoms with Gasteiger partial charge in [-0.3, -0.25) is 9.88 Å². The van der Waals surface area contributed by atoms with Crippen LogP contribution in [-0.2, 0) is 11.2 Å². The SMILES string of the molecule is CC(=O)CCc1ccc(OCCN2CCCC[C@@H]2c2cccnc2)cc1. The maximum atomic E-state index is 11.1. The molecule has 1 saturated heterocycles. The zero-order valence-electron chi connectivity index (χ0n) is 15.6. The van der Waals surface area contributed by atoms with Crippen LogP contribution in [0, 0.1) is 0 Å². The van der Waals surface area contributed by atoms with Crippen molar-refractivity contribution in [3.63, 3.8) is 0 Å². The monoisotopic (exact) mass is 352 g/mol. The third-order valence-electron chi connectivity index (χ3n) is 5.02. The standard InChI is InChI=1S/C22H28N2O2/c1-18(25)7-8-19-9-11-21(12-10-19)26-16-15-24-14-3-2-6-22(24)20-5-4-13-23-17-20/h4-5,9-13,17,22H,2-3,6-8,14-16H2,1H3/t22-/m1/s1. The molecule has 0 radical (unpaired) electrons.